The number of hydrazone groups is 1. The van der Waals surface area contributed by atoms with Crippen LogP contribution in [0, 0.1) is 0 Å². The highest BCUT2D eigenvalue weighted by atomic mass is 16.5. The molecular formula is C21H22N4O3. The van der Waals surface area contributed by atoms with E-state index in [9.17, 15) is 9.59 Å². The Morgan fingerprint density at radius 3 is 2.68 bits per heavy atom. The highest BCUT2D eigenvalue weighted by Crippen LogP contribution is 2.17. The van der Waals surface area contributed by atoms with E-state index in [0.717, 1.165) is 22.0 Å². The van der Waals surface area contributed by atoms with Crippen molar-refractivity contribution >= 4 is 29.1 Å². The molecule has 0 saturated heterocycles. The highest BCUT2D eigenvalue weighted by Gasteiger charge is 2.18. The van der Waals surface area contributed by atoms with Crippen molar-refractivity contribution in [1.29, 1.82) is 0 Å². The molecule has 3 aromatic rings. The smallest absolute Gasteiger partial charge is 0.407 e. The molecule has 0 radical (unpaired) electrons. The lowest BCUT2D eigenvalue weighted by molar-refractivity contribution is -0.121. The van der Waals surface area contributed by atoms with Crippen molar-refractivity contribution < 1.29 is 14.3 Å². The molecule has 2 amide bonds. The molecule has 0 bridgehead atoms. The number of benzene rings is 2. The Balaban J connectivity index is 1.63. The van der Waals surface area contributed by atoms with Crippen LogP contribution in [-0.2, 0) is 9.53 Å². The van der Waals surface area contributed by atoms with Gasteiger partial charge in [0.1, 0.15) is 0 Å². The molecule has 0 aliphatic heterocycles. The summed E-state index contributed by atoms with van der Waals surface area (Å²) in [6.07, 6.45) is 2.89. The number of nitrogens with one attached hydrogen (secondary N) is 3. The van der Waals surface area contributed by atoms with Gasteiger partial charge in [0.05, 0.1) is 25.3 Å². The van der Waals surface area contributed by atoms with Gasteiger partial charge in [0.25, 0.3) is 0 Å². The van der Waals surface area contributed by atoms with Crippen molar-refractivity contribution in [2.24, 2.45) is 5.10 Å². The third-order valence-electron chi connectivity index (χ3n) is 4.17. The Morgan fingerprint density at radius 2 is 1.89 bits per heavy atom. The maximum absolute atomic E-state index is 12.3. The first-order valence-corrected chi connectivity index (χ1v) is 9.03. The van der Waals surface area contributed by atoms with Crippen LogP contribution in [0.3, 0.4) is 0 Å². The van der Waals surface area contributed by atoms with Crippen LogP contribution in [0.4, 0.5) is 4.79 Å². The van der Waals surface area contributed by atoms with Gasteiger partial charge in [-0.15, -0.1) is 0 Å². The number of carbonyl (C=O) groups is 2. The Morgan fingerprint density at radius 1 is 1.14 bits per heavy atom. The third-order valence-corrected chi connectivity index (χ3v) is 4.17. The number of carbonyl (C=O) groups excluding carboxylic acids is 2. The topological polar surface area (TPSA) is 95.6 Å². The summed E-state index contributed by atoms with van der Waals surface area (Å²) in [7, 11) is 0. The maximum Gasteiger partial charge on any atom is 0.407 e. The van der Waals surface area contributed by atoms with Crippen LogP contribution in [0.25, 0.3) is 10.9 Å². The fourth-order valence-corrected chi connectivity index (χ4v) is 2.86. The largest absolute Gasteiger partial charge is 0.450 e. The first-order chi connectivity index (χ1) is 13.7. The Labute approximate surface area is 162 Å². The number of hydrogen-bond donors (Lipinski definition) is 3. The van der Waals surface area contributed by atoms with Crippen molar-refractivity contribution in [1.82, 2.24) is 15.7 Å². The van der Waals surface area contributed by atoms with E-state index in [1.165, 1.54) is 0 Å². The van der Waals surface area contributed by atoms with Gasteiger partial charge >= 0.3 is 6.09 Å². The van der Waals surface area contributed by atoms with Crippen LogP contribution in [0.2, 0.25) is 0 Å². The second kappa shape index (κ2) is 9.36. The van der Waals surface area contributed by atoms with Gasteiger partial charge in [0, 0.05) is 22.7 Å². The first-order valence-electron chi connectivity index (χ1n) is 9.03. The van der Waals surface area contributed by atoms with Crippen LogP contribution >= 0.6 is 0 Å². The second-order valence-electron chi connectivity index (χ2n) is 6.11. The fourth-order valence-electron chi connectivity index (χ4n) is 2.86. The number of hydrogen-bond acceptors (Lipinski definition) is 4. The maximum atomic E-state index is 12.3. The van der Waals surface area contributed by atoms with Gasteiger partial charge in [-0.2, -0.15) is 5.10 Å². The van der Waals surface area contributed by atoms with Crippen molar-refractivity contribution in [3.63, 3.8) is 0 Å². The number of ether oxygens (including phenoxy) is 1. The zero-order chi connectivity index (χ0) is 19.8. The predicted octanol–water partition coefficient (Wildman–Crippen LogP) is 3.50. The fraction of sp³-hybridized carbons (Fsp3) is 0.190. The molecule has 2 aromatic carbocycles. The summed E-state index contributed by atoms with van der Waals surface area (Å²) in [5.41, 5.74) is 5.20. The standard InChI is InChI=1S/C21H22N4O3/c1-2-28-21(27)24-19(15-8-4-3-5-9-15)12-20(26)25-23-14-16-13-22-18-11-7-6-10-17(16)18/h3-11,13-14,19,22H,2,12H2,1H3,(H,24,27)(H,25,26)/b23-14-/t19-/m1/s1. The summed E-state index contributed by atoms with van der Waals surface area (Å²) >= 11 is 0. The predicted molar refractivity (Wildman–Crippen MR) is 108 cm³/mol. The van der Waals surface area contributed by atoms with Gasteiger partial charge in [-0.1, -0.05) is 48.5 Å². The molecule has 7 heteroatoms. The number of aromatic amines is 1. The van der Waals surface area contributed by atoms with Crippen LogP contribution in [0.1, 0.15) is 30.5 Å². The summed E-state index contributed by atoms with van der Waals surface area (Å²) in [5, 5.41) is 7.77. The van der Waals surface area contributed by atoms with E-state index in [-0.39, 0.29) is 18.9 Å². The highest BCUT2D eigenvalue weighted by molar-refractivity contribution is 5.99. The molecule has 1 heterocycles. The number of aromatic nitrogens is 1. The minimum atomic E-state index is -0.563. The molecule has 0 aliphatic carbocycles. The number of amides is 2. The average molecular weight is 378 g/mol. The van der Waals surface area contributed by atoms with E-state index in [1.807, 2.05) is 60.8 Å². The van der Waals surface area contributed by atoms with Crippen molar-refractivity contribution in [3.8, 4) is 0 Å². The van der Waals surface area contributed by atoms with Gasteiger partial charge in [0.2, 0.25) is 5.91 Å². The van der Waals surface area contributed by atoms with Gasteiger partial charge < -0.3 is 15.0 Å². The van der Waals surface area contributed by atoms with Crippen LogP contribution in [0.5, 0.6) is 0 Å². The van der Waals surface area contributed by atoms with Crippen molar-refractivity contribution in [2.45, 2.75) is 19.4 Å². The summed E-state index contributed by atoms with van der Waals surface area (Å²) in [5.74, 6) is -0.318. The molecule has 0 aliphatic rings. The SMILES string of the molecule is CCOC(=O)N[C@H](CC(=O)N/N=C\c1c[nH]c2ccccc12)c1ccccc1. The van der Waals surface area contributed by atoms with Gasteiger partial charge in [0.15, 0.2) is 0 Å². The number of para-hydroxylation sites is 1. The number of nitrogens with zero attached hydrogens (tertiary/aromatic N) is 1. The molecular weight excluding hydrogens is 356 g/mol. The molecule has 3 rings (SSSR count). The summed E-state index contributed by atoms with van der Waals surface area (Å²) < 4.78 is 4.93. The molecule has 3 N–H and O–H groups in total. The third kappa shape index (κ3) is 4.97. The van der Waals surface area contributed by atoms with Crippen LogP contribution < -0.4 is 10.7 Å². The molecule has 0 fully saturated rings. The average Bonchev–Trinajstić information content (AvgIpc) is 3.12. The van der Waals surface area contributed by atoms with E-state index < -0.39 is 12.1 Å². The minimum absolute atomic E-state index is 0.0358. The zero-order valence-electron chi connectivity index (χ0n) is 15.5. The molecule has 7 nitrogen and oxygen atoms in total. The summed E-state index contributed by atoms with van der Waals surface area (Å²) in [6.45, 7) is 1.98. The summed E-state index contributed by atoms with van der Waals surface area (Å²) in [6, 6.07) is 16.6. The van der Waals surface area contributed by atoms with Crippen LogP contribution in [0.15, 0.2) is 65.9 Å². The van der Waals surface area contributed by atoms with E-state index in [4.69, 9.17) is 4.74 Å². The van der Waals surface area contributed by atoms with E-state index in [1.54, 1.807) is 13.1 Å². The lowest BCUT2D eigenvalue weighted by atomic mass is 10.0. The Hall–Kier alpha value is -3.61. The molecule has 1 atom stereocenters. The van der Waals surface area contributed by atoms with Gasteiger partial charge in [-0.3, -0.25) is 4.79 Å². The molecule has 0 spiro atoms. The normalized spacial score (nSPS) is 12.0. The van der Waals surface area contributed by atoms with E-state index in [2.05, 4.69) is 20.8 Å². The van der Waals surface area contributed by atoms with E-state index in [0.29, 0.717) is 0 Å². The molecule has 1 aromatic heterocycles. The van der Waals surface area contributed by atoms with E-state index >= 15 is 0 Å². The zero-order valence-corrected chi connectivity index (χ0v) is 15.5. The quantitative estimate of drug-likeness (QED) is 0.434. The first kappa shape index (κ1) is 19.2. The van der Waals surface area contributed by atoms with Crippen molar-refractivity contribution in [3.05, 3.63) is 71.9 Å². The molecule has 0 saturated carbocycles. The lowest BCUT2D eigenvalue weighted by Gasteiger charge is -2.18. The molecule has 28 heavy (non-hydrogen) atoms. The molecule has 0 unspecified atom stereocenters. The minimum Gasteiger partial charge on any atom is -0.450 e. The summed E-state index contributed by atoms with van der Waals surface area (Å²) in [4.78, 5) is 27.3. The lowest BCUT2D eigenvalue weighted by Crippen LogP contribution is -2.33. The Kier molecular flexibility index (Phi) is 6.41. The number of fused-ring (bicyclic) bond motifs is 1. The van der Waals surface area contributed by atoms with Crippen LogP contribution in [-0.4, -0.2) is 29.8 Å². The molecule has 144 valence electrons. The number of rotatable bonds is 7. The van der Waals surface area contributed by atoms with Gasteiger partial charge in [-0.25, -0.2) is 10.2 Å². The number of alkyl carbamates (subject to hydrolysis) is 1. The van der Waals surface area contributed by atoms with Crippen molar-refractivity contribution in [2.75, 3.05) is 6.61 Å². The monoisotopic (exact) mass is 378 g/mol. The number of H-pyrrole nitrogens is 1. The Bertz CT molecular complexity index is 966. The van der Waals surface area contributed by atoms with Gasteiger partial charge in [-0.05, 0) is 18.6 Å². The second-order valence-corrected chi connectivity index (χ2v) is 6.11.